The van der Waals surface area contributed by atoms with E-state index < -0.39 is 7.88 Å². The largest absolute Gasteiger partial charge is 0.122 e. The van der Waals surface area contributed by atoms with E-state index in [4.69, 9.17) is 44.6 Å². The third kappa shape index (κ3) is 46.6. The van der Waals surface area contributed by atoms with Crippen LogP contribution in [0.25, 0.3) is 0 Å². The first-order valence-electron chi connectivity index (χ1n) is 19.1. The molecule has 292 valence electrons. The summed E-state index contributed by atoms with van der Waals surface area (Å²) < 4.78 is 0. The van der Waals surface area contributed by atoms with Crippen LogP contribution in [0.2, 0.25) is 0 Å². The lowest BCUT2D eigenvalue weighted by molar-refractivity contribution is 0.673. The van der Waals surface area contributed by atoms with Crippen LogP contribution in [-0.4, -0.2) is 21.3 Å². The molecule has 0 heterocycles. The zero-order valence-electron chi connectivity index (χ0n) is 32.3. The van der Waals surface area contributed by atoms with Gasteiger partial charge >= 0.3 is 0 Å². The summed E-state index contributed by atoms with van der Waals surface area (Å²) in [5.74, 6) is 0. The number of halogens is 4. The first-order valence-corrected chi connectivity index (χ1v) is 26.1. The summed E-state index contributed by atoms with van der Waals surface area (Å²) in [4.78, 5) is 0. The summed E-state index contributed by atoms with van der Waals surface area (Å²) >= 11 is 18.0. The highest BCUT2D eigenvalue weighted by Gasteiger charge is 2.25. The van der Waals surface area contributed by atoms with Gasteiger partial charge in [-0.05, 0) is 148 Å². The third-order valence-electron chi connectivity index (χ3n) is 7.14. The molecule has 0 aliphatic heterocycles. The van der Waals surface area contributed by atoms with Gasteiger partial charge < -0.3 is 0 Å². The molecule has 0 saturated heterocycles. The lowest BCUT2D eigenvalue weighted by Gasteiger charge is -2.26. The van der Waals surface area contributed by atoms with Crippen molar-refractivity contribution >= 4 is 85.2 Å². The Hall–Kier alpha value is 0.610. The second-order valence-corrected chi connectivity index (χ2v) is 20.4. The maximum Gasteiger partial charge on any atom is 0.0639 e. The van der Waals surface area contributed by atoms with Gasteiger partial charge in [0.2, 0.25) is 0 Å². The van der Waals surface area contributed by atoms with Crippen molar-refractivity contribution in [2.24, 2.45) is 0 Å². The molecule has 0 aromatic heterocycles. The molecular formula is C42H72Cl4S4. The smallest absolute Gasteiger partial charge is 0.0639 e. The van der Waals surface area contributed by atoms with Crippen LogP contribution in [0.5, 0.6) is 0 Å². The molecule has 0 amide bonds. The number of alkyl halides is 2. The quantitative estimate of drug-likeness (QED) is 0.0242. The second-order valence-electron chi connectivity index (χ2n) is 11.7. The lowest BCUT2D eigenvalue weighted by Crippen LogP contribution is -2.20. The SMILES string of the molecule is CC/C=C\CC/C=C\CC/C=C\CC.CC/C=C\CCC(Cl)C(CC/C=C\CC)SSC(CC/C=C\CC)C(Cl)CC/C=C\CC.S=S(Cl)Cl. The van der Waals surface area contributed by atoms with Gasteiger partial charge in [0.05, 0.1) is 7.88 Å². The van der Waals surface area contributed by atoms with E-state index in [1.54, 1.807) is 0 Å². The average molecular weight is 847 g/mol. The number of allylic oxidation sites excluding steroid dienone is 14. The van der Waals surface area contributed by atoms with Crippen LogP contribution >= 0.6 is 66.2 Å². The fourth-order valence-electron chi connectivity index (χ4n) is 4.45. The third-order valence-corrected chi connectivity index (χ3v) is 12.0. The van der Waals surface area contributed by atoms with Gasteiger partial charge in [-0.1, -0.05) is 148 Å². The minimum Gasteiger partial charge on any atom is -0.122 e. The molecule has 0 spiro atoms. The average Bonchev–Trinajstić information content (AvgIpc) is 3.09. The predicted molar refractivity (Wildman–Crippen MR) is 250 cm³/mol. The molecule has 0 rings (SSSR count). The summed E-state index contributed by atoms with van der Waals surface area (Å²) in [6, 6.07) is 0. The predicted octanol–water partition coefficient (Wildman–Crippen LogP) is 17.7. The summed E-state index contributed by atoms with van der Waals surface area (Å²) in [7, 11) is 12.9. The standard InChI is InChI=1S/C28H48Cl2S2.C14H24.Cl2S2/c1-5-9-13-17-21-25(29)27(23-19-15-11-7-3)31-32-28(24-20-16-12-8-4)26(30)22-18-14-10-6-2;1-3-5-7-9-11-13-14-12-10-8-6-4-2;1-4(2)3/h9-16,25-28H,5-8,17-24H2,1-4H3;5-8,13-14H,3-4,9-12H2,1-2H3;/b13-9-,14-10-,15-11-,16-12-;7-5-,8-6-,14-13-;. The monoisotopic (exact) mass is 844 g/mol. The van der Waals surface area contributed by atoms with Crippen LogP contribution in [-0.2, 0) is 19.1 Å². The van der Waals surface area contributed by atoms with Crippen LogP contribution in [0, 0.1) is 0 Å². The lowest BCUT2D eigenvalue weighted by atomic mass is 10.1. The van der Waals surface area contributed by atoms with Gasteiger partial charge in [-0.15, -0.1) is 23.2 Å². The van der Waals surface area contributed by atoms with Crippen molar-refractivity contribution in [1.29, 1.82) is 0 Å². The molecule has 0 bridgehead atoms. The zero-order valence-corrected chi connectivity index (χ0v) is 38.6. The van der Waals surface area contributed by atoms with Gasteiger partial charge in [-0.2, -0.15) is 0 Å². The highest BCUT2D eigenvalue weighted by atomic mass is 36.0. The van der Waals surface area contributed by atoms with Gasteiger partial charge in [-0.25, -0.2) is 0 Å². The van der Waals surface area contributed by atoms with E-state index in [9.17, 15) is 0 Å². The van der Waals surface area contributed by atoms with E-state index in [0.717, 1.165) is 89.9 Å². The molecule has 0 aromatic rings. The molecular weight excluding hydrogens is 775 g/mol. The Morgan fingerprint density at radius 1 is 0.400 bits per heavy atom. The van der Waals surface area contributed by atoms with Crippen LogP contribution in [0.1, 0.15) is 157 Å². The molecule has 4 atom stereocenters. The van der Waals surface area contributed by atoms with Gasteiger partial charge in [0.1, 0.15) is 0 Å². The molecule has 0 nitrogen and oxygen atoms in total. The molecule has 8 heteroatoms. The fourth-order valence-corrected chi connectivity index (χ4v) is 9.13. The molecule has 50 heavy (non-hydrogen) atoms. The Labute approximate surface area is 345 Å². The Bertz CT molecular complexity index is 841. The molecule has 0 N–H and O–H groups in total. The number of hydrogen-bond donors (Lipinski definition) is 0. The number of rotatable bonds is 29. The minimum atomic E-state index is -0.833. The molecule has 0 radical (unpaired) electrons. The van der Waals surface area contributed by atoms with Crippen molar-refractivity contribution in [2.75, 3.05) is 0 Å². The van der Waals surface area contributed by atoms with Crippen molar-refractivity contribution in [3.8, 4) is 0 Å². The van der Waals surface area contributed by atoms with Crippen LogP contribution in [0.4, 0.5) is 0 Å². The summed E-state index contributed by atoms with van der Waals surface area (Å²) in [5.41, 5.74) is 0. The molecule has 0 fully saturated rings. The minimum absolute atomic E-state index is 0.200. The van der Waals surface area contributed by atoms with Crippen molar-refractivity contribution in [1.82, 2.24) is 0 Å². The first kappa shape index (κ1) is 55.0. The zero-order chi connectivity index (χ0) is 37.9. The van der Waals surface area contributed by atoms with E-state index in [0.29, 0.717) is 10.5 Å². The van der Waals surface area contributed by atoms with Gasteiger partial charge in [0.15, 0.2) is 0 Å². The highest BCUT2D eigenvalue weighted by Crippen LogP contribution is 2.42. The highest BCUT2D eigenvalue weighted by molar-refractivity contribution is 8.77. The number of unbranched alkanes of at least 4 members (excludes halogenated alkanes) is 2. The maximum absolute atomic E-state index is 6.92. The topological polar surface area (TPSA) is 0 Å². The van der Waals surface area contributed by atoms with Crippen LogP contribution in [0.15, 0.2) is 85.1 Å². The molecule has 0 aliphatic carbocycles. The second kappa shape index (κ2) is 47.6. The van der Waals surface area contributed by atoms with Crippen molar-refractivity contribution in [2.45, 2.75) is 178 Å². The van der Waals surface area contributed by atoms with E-state index in [2.05, 4.69) is 138 Å². The van der Waals surface area contributed by atoms with Gasteiger partial charge in [0.25, 0.3) is 0 Å². The van der Waals surface area contributed by atoms with E-state index >= 15 is 0 Å². The van der Waals surface area contributed by atoms with E-state index in [-0.39, 0.29) is 10.8 Å². The van der Waals surface area contributed by atoms with Crippen molar-refractivity contribution in [3.63, 3.8) is 0 Å². The molecule has 4 unspecified atom stereocenters. The first-order chi connectivity index (χ1) is 24.2. The normalized spacial score (nSPS) is 14.8. The Morgan fingerprint density at radius 3 is 0.840 bits per heavy atom. The Balaban J connectivity index is -0.00000101. The van der Waals surface area contributed by atoms with Gasteiger partial charge in [-0.3, -0.25) is 0 Å². The van der Waals surface area contributed by atoms with Crippen LogP contribution in [0.3, 0.4) is 0 Å². The van der Waals surface area contributed by atoms with Crippen molar-refractivity contribution in [3.05, 3.63) is 85.1 Å². The van der Waals surface area contributed by atoms with Gasteiger partial charge in [0, 0.05) is 21.3 Å². The summed E-state index contributed by atoms with van der Waals surface area (Å²) in [6.45, 7) is 13.1. The fraction of sp³-hybridized carbons (Fsp3) is 0.667. The van der Waals surface area contributed by atoms with E-state index in [1.165, 1.54) is 25.7 Å². The summed E-state index contributed by atoms with van der Waals surface area (Å²) in [6.07, 6.45) is 52.0. The summed E-state index contributed by atoms with van der Waals surface area (Å²) in [5, 5.41) is 1.31. The Morgan fingerprint density at radius 2 is 0.600 bits per heavy atom. The molecule has 0 aliphatic rings. The molecule has 0 aromatic carbocycles. The van der Waals surface area contributed by atoms with Crippen LogP contribution < -0.4 is 0 Å². The van der Waals surface area contributed by atoms with Crippen molar-refractivity contribution < 1.29 is 0 Å². The number of hydrogen-bond acceptors (Lipinski definition) is 3. The Kier molecular flexibility index (Phi) is 52.3. The molecule has 0 saturated carbocycles. The van der Waals surface area contributed by atoms with E-state index in [1.807, 2.05) is 21.6 Å². The maximum atomic E-state index is 6.92.